The van der Waals surface area contributed by atoms with Crippen LogP contribution in [-0.2, 0) is 11.2 Å². The molecular weight excluding hydrogens is 412 g/mol. The molecule has 0 bridgehead atoms. The van der Waals surface area contributed by atoms with Gasteiger partial charge in [-0.1, -0.05) is 105 Å². The standard InChI is InChI=1S/C29H34O2S/c1-3-5-7-8-10-12-28(30)31-29-22-21-27(32-29)26-19-17-25(18-20-26)24-15-13-23(14-16-24)11-9-6-4-2/h10,12-22H,3-9,11H2,1-2H3. The number of esters is 1. The summed E-state index contributed by atoms with van der Waals surface area (Å²) in [5.74, 6) is -0.302. The normalized spacial score (nSPS) is 11.2. The first-order chi connectivity index (χ1) is 15.7. The molecule has 0 radical (unpaired) electrons. The lowest BCUT2D eigenvalue weighted by Crippen LogP contribution is -2.02. The number of benzene rings is 2. The minimum atomic E-state index is -0.302. The summed E-state index contributed by atoms with van der Waals surface area (Å²) in [7, 11) is 0. The Morgan fingerprint density at radius 1 is 0.781 bits per heavy atom. The minimum Gasteiger partial charge on any atom is -0.412 e. The van der Waals surface area contributed by atoms with Crippen molar-refractivity contribution >= 4 is 17.3 Å². The van der Waals surface area contributed by atoms with E-state index in [0.29, 0.717) is 5.06 Å². The van der Waals surface area contributed by atoms with Crippen molar-refractivity contribution in [1.29, 1.82) is 0 Å². The van der Waals surface area contributed by atoms with Crippen LogP contribution in [0.2, 0.25) is 0 Å². The van der Waals surface area contributed by atoms with Crippen molar-refractivity contribution in [2.45, 2.75) is 65.2 Å². The Balaban J connectivity index is 1.56. The van der Waals surface area contributed by atoms with Crippen molar-refractivity contribution in [3.05, 3.63) is 78.4 Å². The molecule has 32 heavy (non-hydrogen) atoms. The highest BCUT2D eigenvalue weighted by atomic mass is 32.1. The van der Waals surface area contributed by atoms with E-state index in [1.54, 1.807) is 6.08 Å². The van der Waals surface area contributed by atoms with Gasteiger partial charge in [0.05, 0.1) is 0 Å². The first-order valence-electron chi connectivity index (χ1n) is 11.9. The van der Waals surface area contributed by atoms with E-state index in [4.69, 9.17) is 4.74 Å². The van der Waals surface area contributed by atoms with Gasteiger partial charge in [-0.05, 0) is 60.1 Å². The maximum Gasteiger partial charge on any atom is 0.336 e. The van der Waals surface area contributed by atoms with Crippen LogP contribution in [0.4, 0.5) is 0 Å². The number of aryl methyl sites for hydroxylation is 1. The van der Waals surface area contributed by atoms with Crippen LogP contribution in [-0.4, -0.2) is 5.97 Å². The van der Waals surface area contributed by atoms with E-state index in [0.717, 1.165) is 29.7 Å². The van der Waals surface area contributed by atoms with E-state index >= 15 is 0 Å². The second kappa shape index (κ2) is 13.0. The molecule has 0 aliphatic heterocycles. The van der Waals surface area contributed by atoms with Gasteiger partial charge in [0.2, 0.25) is 0 Å². The largest absolute Gasteiger partial charge is 0.412 e. The SMILES string of the molecule is CCCCCC=CC(=O)Oc1ccc(-c2ccc(-c3ccc(CCCCC)cc3)cc2)s1. The van der Waals surface area contributed by atoms with E-state index in [9.17, 15) is 4.79 Å². The fraction of sp³-hybridized carbons (Fsp3) is 0.345. The summed E-state index contributed by atoms with van der Waals surface area (Å²) in [5, 5.41) is 0.631. The van der Waals surface area contributed by atoms with Gasteiger partial charge in [-0.3, -0.25) is 0 Å². The number of allylic oxidation sites excluding steroid dienone is 1. The lowest BCUT2D eigenvalue weighted by Gasteiger charge is -2.06. The zero-order valence-corrected chi connectivity index (χ0v) is 20.1. The van der Waals surface area contributed by atoms with Crippen molar-refractivity contribution in [2.24, 2.45) is 0 Å². The van der Waals surface area contributed by atoms with Crippen molar-refractivity contribution in [1.82, 2.24) is 0 Å². The molecule has 3 heteroatoms. The zero-order valence-electron chi connectivity index (χ0n) is 19.3. The lowest BCUT2D eigenvalue weighted by molar-refractivity contribution is -0.128. The molecule has 0 aliphatic rings. The van der Waals surface area contributed by atoms with Crippen molar-refractivity contribution in [2.75, 3.05) is 0 Å². The minimum absolute atomic E-state index is 0.302. The number of hydrogen-bond acceptors (Lipinski definition) is 3. The Hall–Kier alpha value is -2.65. The average molecular weight is 447 g/mol. The van der Waals surface area contributed by atoms with Gasteiger partial charge in [0.1, 0.15) is 0 Å². The third kappa shape index (κ3) is 7.49. The summed E-state index contributed by atoms with van der Waals surface area (Å²) >= 11 is 1.50. The molecule has 2 nitrogen and oxygen atoms in total. The number of thiophene rings is 1. The number of unbranched alkanes of at least 4 members (excludes halogenated alkanes) is 5. The molecule has 1 aromatic heterocycles. The molecule has 0 spiro atoms. The third-order valence-corrected chi connectivity index (χ3v) is 6.55. The first-order valence-corrected chi connectivity index (χ1v) is 12.7. The van der Waals surface area contributed by atoms with Gasteiger partial charge >= 0.3 is 5.97 Å². The molecule has 3 aromatic rings. The summed E-state index contributed by atoms with van der Waals surface area (Å²) in [6, 6.07) is 21.4. The van der Waals surface area contributed by atoms with E-state index in [1.807, 2.05) is 18.2 Å². The summed E-state index contributed by atoms with van der Waals surface area (Å²) in [6.45, 7) is 4.41. The maximum absolute atomic E-state index is 12.0. The molecule has 0 amide bonds. The highest BCUT2D eigenvalue weighted by molar-refractivity contribution is 7.17. The zero-order chi connectivity index (χ0) is 22.6. The molecule has 0 N–H and O–H groups in total. The second-order valence-electron chi connectivity index (χ2n) is 8.17. The fourth-order valence-electron chi connectivity index (χ4n) is 3.62. The Bertz CT molecular complexity index is 981. The predicted molar refractivity (Wildman–Crippen MR) is 137 cm³/mol. The quantitative estimate of drug-likeness (QED) is 0.158. The van der Waals surface area contributed by atoms with Crippen LogP contribution in [0.5, 0.6) is 5.06 Å². The Morgan fingerprint density at radius 2 is 1.41 bits per heavy atom. The van der Waals surface area contributed by atoms with Gasteiger partial charge in [0, 0.05) is 11.0 Å². The monoisotopic (exact) mass is 446 g/mol. The highest BCUT2D eigenvalue weighted by Gasteiger charge is 2.07. The van der Waals surface area contributed by atoms with E-state index in [1.165, 1.54) is 60.1 Å². The van der Waals surface area contributed by atoms with Gasteiger partial charge in [-0.15, -0.1) is 0 Å². The molecule has 0 saturated carbocycles. The molecule has 0 aliphatic carbocycles. The first kappa shape index (κ1) is 24.0. The lowest BCUT2D eigenvalue weighted by atomic mass is 10.0. The predicted octanol–water partition coefficient (Wildman–Crippen LogP) is 8.86. The molecule has 0 atom stereocenters. The molecule has 0 saturated heterocycles. The summed E-state index contributed by atoms with van der Waals surface area (Å²) in [6.07, 6.45) is 12.8. The van der Waals surface area contributed by atoms with Crippen LogP contribution < -0.4 is 4.74 Å². The van der Waals surface area contributed by atoms with Crippen LogP contribution in [0.25, 0.3) is 21.6 Å². The molecule has 0 fully saturated rings. The maximum atomic E-state index is 12.0. The van der Waals surface area contributed by atoms with Crippen LogP contribution >= 0.6 is 11.3 Å². The number of carbonyl (C=O) groups is 1. The van der Waals surface area contributed by atoms with Crippen molar-refractivity contribution < 1.29 is 9.53 Å². The van der Waals surface area contributed by atoms with Crippen LogP contribution in [0, 0.1) is 0 Å². The third-order valence-electron chi connectivity index (χ3n) is 5.54. The highest BCUT2D eigenvalue weighted by Crippen LogP contribution is 2.34. The number of ether oxygens (including phenoxy) is 1. The van der Waals surface area contributed by atoms with Gasteiger partial charge in [0.25, 0.3) is 0 Å². The number of rotatable bonds is 12. The second-order valence-corrected chi connectivity index (χ2v) is 9.22. The van der Waals surface area contributed by atoms with Crippen LogP contribution in [0.3, 0.4) is 0 Å². The molecule has 1 heterocycles. The topological polar surface area (TPSA) is 26.3 Å². The molecule has 2 aromatic carbocycles. The average Bonchev–Trinajstić information content (AvgIpc) is 3.28. The smallest absolute Gasteiger partial charge is 0.336 e. The number of hydrogen-bond donors (Lipinski definition) is 0. The summed E-state index contributed by atoms with van der Waals surface area (Å²) < 4.78 is 5.46. The van der Waals surface area contributed by atoms with Gasteiger partial charge in [-0.2, -0.15) is 0 Å². The van der Waals surface area contributed by atoms with Gasteiger partial charge in [0.15, 0.2) is 5.06 Å². The summed E-state index contributed by atoms with van der Waals surface area (Å²) in [4.78, 5) is 13.1. The van der Waals surface area contributed by atoms with Crippen molar-refractivity contribution in [3.8, 4) is 26.6 Å². The number of carbonyl (C=O) groups excluding carboxylic acids is 1. The van der Waals surface area contributed by atoms with Crippen molar-refractivity contribution in [3.63, 3.8) is 0 Å². The molecule has 3 rings (SSSR count). The van der Waals surface area contributed by atoms with Crippen LogP contribution in [0.15, 0.2) is 72.8 Å². The summed E-state index contributed by atoms with van der Waals surface area (Å²) in [5.41, 5.74) is 5.00. The van der Waals surface area contributed by atoms with Crippen LogP contribution in [0.1, 0.15) is 64.4 Å². The molecular formula is C29H34O2S. The van der Waals surface area contributed by atoms with Gasteiger partial charge in [-0.25, -0.2) is 4.79 Å². The van der Waals surface area contributed by atoms with E-state index < -0.39 is 0 Å². The van der Waals surface area contributed by atoms with E-state index in [2.05, 4.69) is 62.4 Å². The Morgan fingerprint density at radius 3 is 2.09 bits per heavy atom. The Labute approximate surface area is 197 Å². The Kier molecular flexibility index (Phi) is 9.77. The fourth-order valence-corrected chi connectivity index (χ4v) is 4.49. The molecule has 0 unspecified atom stereocenters. The van der Waals surface area contributed by atoms with E-state index in [-0.39, 0.29) is 5.97 Å². The molecule has 168 valence electrons. The van der Waals surface area contributed by atoms with Gasteiger partial charge < -0.3 is 4.74 Å².